The number of carboxylic acids is 1. The zero-order chi connectivity index (χ0) is 15.4. The summed E-state index contributed by atoms with van der Waals surface area (Å²) in [5.74, 6) is -1.49. The van der Waals surface area contributed by atoms with Crippen LogP contribution in [0.1, 0.15) is 44.2 Å². The second kappa shape index (κ2) is 6.94. The Hall–Kier alpha value is -1.55. The molecule has 5 heteroatoms. The Labute approximate surface area is 129 Å². The Bertz CT molecular complexity index is 532. The molecule has 114 valence electrons. The third-order valence-electron chi connectivity index (χ3n) is 4.12. The van der Waals surface area contributed by atoms with Crippen LogP contribution in [-0.4, -0.2) is 17.0 Å². The smallest absolute Gasteiger partial charge is 0.306 e. The van der Waals surface area contributed by atoms with E-state index in [2.05, 4.69) is 5.32 Å². The molecule has 0 aromatic heterocycles. The quantitative estimate of drug-likeness (QED) is 0.895. The van der Waals surface area contributed by atoms with Gasteiger partial charge in [0.1, 0.15) is 0 Å². The van der Waals surface area contributed by atoms with Crippen molar-refractivity contribution in [2.45, 2.75) is 38.6 Å². The number of carboxylic acid groups (broad SMARTS) is 1. The number of benzene rings is 1. The topological polar surface area (TPSA) is 66.4 Å². The normalized spacial score (nSPS) is 23.3. The van der Waals surface area contributed by atoms with Gasteiger partial charge in [-0.2, -0.15) is 0 Å². The van der Waals surface area contributed by atoms with E-state index in [4.69, 9.17) is 16.7 Å². The van der Waals surface area contributed by atoms with Crippen LogP contribution < -0.4 is 5.32 Å². The lowest BCUT2D eigenvalue weighted by Crippen LogP contribution is -2.36. The highest BCUT2D eigenvalue weighted by Crippen LogP contribution is 2.30. The minimum Gasteiger partial charge on any atom is -0.481 e. The molecule has 2 N–H and O–H groups in total. The number of hydrogen-bond donors (Lipinski definition) is 2. The Balaban J connectivity index is 1.98. The Morgan fingerprint density at radius 1 is 1.29 bits per heavy atom. The van der Waals surface area contributed by atoms with Crippen LogP contribution in [0.15, 0.2) is 24.3 Å². The molecular weight excluding hydrogens is 290 g/mol. The molecule has 1 aliphatic rings. The Morgan fingerprint density at radius 3 is 2.62 bits per heavy atom. The van der Waals surface area contributed by atoms with Crippen molar-refractivity contribution < 1.29 is 14.7 Å². The van der Waals surface area contributed by atoms with E-state index < -0.39 is 11.9 Å². The van der Waals surface area contributed by atoms with Gasteiger partial charge in [0.25, 0.3) is 0 Å². The van der Waals surface area contributed by atoms with Crippen molar-refractivity contribution in [2.24, 2.45) is 11.8 Å². The first-order chi connectivity index (χ1) is 9.99. The van der Waals surface area contributed by atoms with E-state index in [-0.39, 0.29) is 17.9 Å². The van der Waals surface area contributed by atoms with E-state index >= 15 is 0 Å². The number of aliphatic carboxylic acids is 1. The predicted octanol–water partition coefficient (Wildman–Crippen LogP) is 3.41. The summed E-state index contributed by atoms with van der Waals surface area (Å²) in [5.41, 5.74) is 0.873. The van der Waals surface area contributed by atoms with Gasteiger partial charge in [-0.15, -0.1) is 0 Å². The summed E-state index contributed by atoms with van der Waals surface area (Å²) in [7, 11) is 0. The lowest BCUT2D eigenvalue weighted by atomic mass is 9.81. The molecule has 0 saturated heterocycles. The Morgan fingerprint density at radius 2 is 1.95 bits per heavy atom. The van der Waals surface area contributed by atoms with Crippen molar-refractivity contribution >= 4 is 23.5 Å². The molecule has 0 spiro atoms. The average Bonchev–Trinajstić information content (AvgIpc) is 2.47. The van der Waals surface area contributed by atoms with Crippen molar-refractivity contribution in [1.29, 1.82) is 0 Å². The molecular formula is C16H20ClNO3. The number of hydrogen-bond acceptors (Lipinski definition) is 2. The average molecular weight is 310 g/mol. The summed E-state index contributed by atoms with van der Waals surface area (Å²) < 4.78 is 0. The van der Waals surface area contributed by atoms with E-state index in [0.29, 0.717) is 17.9 Å². The van der Waals surface area contributed by atoms with Gasteiger partial charge in [0.15, 0.2) is 0 Å². The first-order valence-corrected chi connectivity index (χ1v) is 7.64. The number of carbonyl (C=O) groups excluding carboxylic acids is 1. The number of carbonyl (C=O) groups is 2. The molecule has 1 fully saturated rings. The molecule has 4 nitrogen and oxygen atoms in total. The van der Waals surface area contributed by atoms with E-state index in [1.54, 1.807) is 6.07 Å². The number of halogens is 1. The lowest BCUT2D eigenvalue weighted by Gasteiger charge is -2.27. The van der Waals surface area contributed by atoms with E-state index in [0.717, 1.165) is 18.4 Å². The fourth-order valence-corrected chi connectivity index (χ4v) is 3.19. The van der Waals surface area contributed by atoms with E-state index in [1.807, 2.05) is 25.1 Å². The summed E-state index contributed by atoms with van der Waals surface area (Å²) in [6, 6.07) is 7.22. The van der Waals surface area contributed by atoms with Crippen molar-refractivity contribution in [2.75, 3.05) is 0 Å². The van der Waals surface area contributed by atoms with Crippen LogP contribution in [0.4, 0.5) is 0 Å². The summed E-state index contributed by atoms with van der Waals surface area (Å²) in [6.07, 6.45) is 2.63. The van der Waals surface area contributed by atoms with Gasteiger partial charge in [0.2, 0.25) is 5.91 Å². The van der Waals surface area contributed by atoms with Crippen LogP contribution in [0.2, 0.25) is 5.02 Å². The van der Waals surface area contributed by atoms with Crippen LogP contribution in [-0.2, 0) is 9.59 Å². The summed E-state index contributed by atoms with van der Waals surface area (Å²) in [4.78, 5) is 23.4. The third-order valence-corrected chi connectivity index (χ3v) is 4.47. The van der Waals surface area contributed by atoms with E-state index in [9.17, 15) is 9.59 Å². The summed E-state index contributed by atoms with van der Waals surface area (Å²) >= 11 is 6.12. The molecule has 0 bridgehead atoms. The van der Waals surface area contributed by atoms with Crippen LogP contribution >= 0.6 is 11.6 Å². The molecule has 1 aromatic rings. The number of rotatable bonds is 4. The van der Waals surface area contributed by atoms with Gasteiger partial charge < -0.3 is 10.4 Å². The van der Waals surface area contributed by atoms with Gasteiger partial charge in [-0.1, -0.05) is 36.2 Å². The van der Waals surface area contributed by atoms with Crippen molar-refractivity contribution in [3.8, 4) is 0 Å². The van der Waals surface area contributed by atoms with Crippen LogP contribution in [0.3, 0.4) is 0 Å². The SMILES string of the molecule is CC(NC(=O)C1CCCC(C(=O)O)C1)c1ccccc1Cl. The molecule has 3 unspecified atom stereocenters. The van der Waals surface area contributed by atoms with Crippen molar-refractivity contribution in [3.05, 3.63) is 34.9 Å². The zero-order valence-electron chi connectivity index (χ0n) is 12.0. The minimum atomic E-state index is -0.799. The van der Waals surface area contributed by atoms with Crippen molar-refractivity contribution in [1.82, 2.24) is 5.32 Å². The predicted molar refractivity (Wildman–Crippen MR) is 81.1 cm³/mol. The lowest BCUT2D eigenvalue weighted by molar-refractivity contribution is -0.144. The van der Waals surface area contributed by atoms with Gasteiger partial charge >= 0.3 is 5.97 Å². The molecule has 21 heavy (non-hydrogen) atoms. The highest BCUT2D eigenvalue weighted by atomic mass is 35.5. The molecule has 0 heterocycles. The summed E-state index contributed by atoms with van der Waals surface area (Å²) in [6.45, 7) is 1.89. The van der Waals surface area contributed by atoms with Gasteiger partial charge in [-0.3, -0.25) is 9.59 Å². The minimum absolute atomic E-state index is 0.0756. The third kappa shape index (κ3) is 3.97. The maximum Gasteiger partial charge on any atom is 0.306 e. The molecule has 2 rings (SSSR count). The highest BCUT2D eigenvalue weighted by Gasteiger charge is 2.31. The monoisotopic (exact) mass is 309 g/mol. The molecule has 0 aliphatic heterocycles. The largest absolute Gasteiger partial charge is 0.481 e. The molecule has 3 atom stereocenters. The second-order valence-corrected chi connectivity index (χ2v) is 6.06. The van der Waals surface area contributed by atoms with Gasteiger partial charge in [-0.25, -0.2) is 0 Å². The molecule has 1 saturated carbocycles. The van der Waals surface area contributed by atoms with E-state index in [1.165, 1.54) is 0 Å². The summed E-state index contributed by atoms with van der Waals surface area (Å²) in [5, 5.41) is 12.7. The molecule has 1 aromatic carbocycles. The zero-order valence-corrected chi connectivity index (χ0v) is 12.8. The fourth-order valence-electron chi connectivity index (χ4n) is 2.89. The standard InChI is InChI=1S/C16H20ClNO3/c1-10(13-7-2-3-8-14(13)17)18-15(19)11-5-4-6-12(9-11)16(20)21/h2-3,7-8,10-12H,4-6,9H2,1H3,(H,18,19)(H,20,21). The fraction of sp³-hybridized carbons (Fsp3) is 0.500. The molecule has 1 aliphatic carbocycles. The Kier molecular flexibility index (Phi) is 5.23. The molecule has 1 amide bonds. The van der Waals surface area contributed by atoms with Gasteiger partial charge in [0, 0.05) is 10.9 Å². The first-order valence-electron chi connectivity index (χ1n) is 7.26. The van der Waals surface area contributed by atoms with Crippen LogP contribution in [0.25, 0.3) is 0 Å². The highest BCUT2D eigenvalue weighted by molar-refractivity contribution is 6.31. The first kappa shape index (κ1) is 15.8. The van der Waals surface area contributed by atoms with Crippen LogP contribution in [0, 0.1) is 11.8 Å². The second-order valence-electron chi connectivity index (χ2n) is 5.65. The maximum absolute atomic E-state index is 12.3. The number of amides is 1. The van der Waals surface area contributed by atoms with Crippen LogP contribution in [0.5, 0.6) is 0 Å². The van der Waals surface area contributed by atoms with Gasteiger partial charge in [-0.05, 0) is 37.8 Å². The number of nitrogens with one attached hydrogen (secondary N) is 1. The van der Waals surface area contributed by atoms with Crippen molar-refractivity contribution in [3.63, 3.8) is 0 Å². The van der Waals surface area contributed by atoms with Gasteiger partial charge in [0.05, 0.1) is 12.0 Å². The molecule has 0 radical (unpaired) electrons. The maximum atomic E-state index is 12.3.